The van der Waals surface area contributed by atoms with Crippen LogP contribution in [0.1, 0.15) is 49.3 Å². The van der Waals surface area contributed by atoms with Gasteiger partial charge in [-0.05, 0) is 56.9 Å². The van der Waals surface area contributed by atoms with E-state index in [0.29, 0.717) is 24.7 Å². The predicted octanol–water partition coefficient (Wildman–Crippen LogP) is 6.00. The molecule has 2 aromatic carbocycles. The summed E-state index contributed by atoms with van der Waals surface area (Å²) in [6.45, 7) is 7.35. The first kappa shape index (κ1) is 26.7. The molecule has 0 radical (unpaired) electrons. The highest BCUT2D eigenvalue weighted by atomic mass is 32.2. The molecule has 0 aliphatic carbocycles. The number of hydrogen-bond acceptors (Lipinski definition) is 5. The number of aryl methyl sites for hydroxylation is 2. The molecule has 1 unspecified atom stereocenters. The third-order valence-electron chi connectivity index (χ3n) is 5.13. The molecule has 0 saturated heterocycles. The number of allylic oxidation sites excluding steroid dienone is 1. The van der Waals surface area contributed by atoms with E-state index in [1.807, 2.05) is 61.5 Å². The maximum atomic E-state index is 12.5. The van der Waals surface area contributed by atoms with Crippen molar-refractivity contribution < 1.29 is 18.5 Å². The van der Waals surface area contributed by atoms with Crippen molar-refractivity contribution in [2.75, 3.05) is 31.8 Å². The SMILES string of the molecule is C/C=C/COc1cc(C)c(OCCCCCCS(=O)C/C(=N/OC)c2ccccc2)c(C)c1. The Balaban J connectivity index is 1.66. The first-order chi connectivity index (χ1) is 16.0. The zero-order valence-electron chi connectivity index (χ0n) is 20.3. The van der Waals surface area contributed by atoms with Crippen LogP contribution in [-0.4, -0.2) is 41.7 Å². The average molecular weight is 472 g/mol. The summed E-state index contributed by atoms with van der Waals surface area (Å²) in [6, 6.07) is 13.8. The third kappa shape index (κ3) is 9.82. The molecule has 0 aromatic heterocycles. The van der Waals surface area contributed by atoms with Crippen LogP contribution in [0.5, 0.6) is 11.5 Å². The fraction of sp³-hybridized carbons (Fsp3) is 0.444. The van der Waals surface area contributed by atoms with Gasteiger partial charge in [0.2, 0.25) is 0 Å². The summed E-state index contributed by atoms with van der Waals surface area (Å²) >= 11 is 0. The van der Waals surface area contributed by atoms with Gasteiger partial charge in [0.15, 0.2) is 0 Å². The van der Waals surface area contributed by atoms with E-state index in [2.05, 4.69) is 19.0 Å². The van der Waals surface area contributed by atoms with E-state index in [9.17, 15) is 4.21 Å². The highest BCUT2D eigenvalue weighted by Gasteiger charge is 2.10. The molecule has 1 atom stereocenters. The molecule has 0 fully saturated rings. The Labute approximate surface area is 201 Å². The standard InChI is InChI=1S/C27H37NO4S/c1-5-6-16-31-25-19-22(2)27(23(3)20-25)32-17-12-7-8-13-18-33(29)21-26(28-30-4)24-14-10-9-11-15-24/h5-6,9-11,14-15,19-20H,7-8,12-13,16-18,21H2,1-4H3/b6-5+,28-26-. The first-order valence-corrected chi connectivity index (χ1v) is 13.0. The predicted molar refractivity (Wildman–Crippen MR) is 138 cm³/mol. The van der Waals surface area contributed by atoms with Crippen molar-refractivity contribution in [3.05, 3.63) is 71.3 Å². The first-order valence-electron chi connectivity index (χ1n) is 11.5. The monoisotopic (exact) mass is 471 g/mol. The lowest BCUT2D eigenvalue weighted by Crippen LogP contribution is -2.15. The summed E-state index contributed by atoms with van der Waals surface area (Å²) in [5.41, 5.74) is 3.86. The summed E-state index contributed by atoms with van der Waals surface area (Å²) in [6.07, 6.45) is 7.96. The van der Waals surface area contributed by atoms with E-state index in [1.165, 1.54) is 7.11 Å². The summed E-state index contributed by atoms with van der Waals surface area (Å²) in [7, 11) is 0.559. The van der Waals surface area contributed by atoms with Crippen molar-refractivity contribution in [3.8, 4) is 11.5 Å². The van der Waals surface area contributed by atoms with Gasteiger partial charge in [-0.25, -0.2) is 0 Å². The van der Waals surface area contributed by atoms with Crippen LogP contribution in [0.2, 0.25) is 0 Å². The number of ether oxygens (including phenoxy) is 2. The van der Waals surface area contributed by atoms with Gasteiger partial charge in [-0.15, -0.1) is 0 Å². The van der Waals surface area contributed by atoms with Gasteiger partial charge in [0.1, 0.15) is 25.2 Å². The molecule has 180 valence electrons. The largest absolute Gasteiger partial charge is 0.493 e. The zero-order valence-corrected chi connectivity index (χ0v) is 21.2. The van der Waals surface area contributed by atoms with E-state index < -0.39 is 10.8 Å². The van der Waals surface area contributed by atoms with Crippen molar-refractivity contribution in [3.63, 3.8) is 0 Å². The molecule has 0 saturated carbocycles. The highest BCUT2D eigenvalue weighted by Crippen LogP contribution is 2.28. The molecule has 5 nitrogen and oxygen atoms in total. The van der Waals surface area contributed by atoms with Gasteiger partial charge >= 0.3 is 0 Å². The van der Waals surface area contributed by atoms with Crippen molar-refractivity contribution in [1.29, 1.82) is 0 Å². The Morgan fingerprint density at radius 3 is 2.36 bits per heavy atom. The Kier molecular flexibility index (Phi) is 12.3. The number of hydrogen-bond donors (Lipinski definition) is 0. The molecular weight excluding hydrogens is 434 g/mol. The maximum absolute atomic E-state index is 12.5. The van der Waals surface area contributed by atoms with Gasteiger partial charge in [-0.3, -0.25) is 4.21 Å². The molecule has 2 aromatic rings. The third-order valence-corrected chi connectivity index (χ3v) is 6.47. The van der Waals surface area contributed by atoms with Gasteiger partial charge in [-0.1, -0.05) is 60.5 Å². The van der Waals surface area contributed by atoms with E-state index in [1.54, 1.807) is 0 Å². The molecule has 0 N–H and O–H groups in total. The van der Waals surface area contributed by atoms with Crippen molar-refractivity contribution >= 4 is 16.5 Å². The molecule has 0 amide bonds. The molecule has 0 bridgehead atoms. The summed E-state index contributed by atoms with van der Waals surface area (Å²) in [5.74, 6) is 2.90. The van der Waals surface area contributed by atoms with Crippen molar-refractivity contribution in [2.24, 2.45) is 5.16 Å². The summed E-state index contributed by atoms with van der Waals surface area (Å²) < 4.78 is 24.3. The molecule has 2 rings (SSSR count). The Hall–Kier alpha value is -2.60. The molecule has 0 spiro atoms. The molecular formula is C27H37NO4S. The molecule has 6 heteroatoms. The van der Waals surface area contributed by atoms with Gasteiger partial charge in [0.05, 0.1) is 18.1 Å². The molecule has 0 heterocycles. The lowest BCUT2D eigenvalue weighted by Gasteiger charge is -2.14. The normalized spacial score (nSPS) is 12.7. The summed E-state index contributed by atoms with van der Waals surface area (Å²) in [5, 5.41) is 4.07. The average Bonchev–Trinajstić information content (AvgIpc) is 2.80. The second-order valence-corrected chi connectivity index (χ2v) is 9.48. The van der Waals surface area contributed by atoms with Crippen LogP contribution in [0.25, 0.3) is 0 Å². The molecule has 0 aliphatic heterocycles. The Morgan fingerprint density at radius 2 is 1.70 bits per heavy atom. The fourth-order valence-electron chi connectivity index (χ4n) is 3.48. The molecule has 33 heavy (non-hydrogen) atoms. The minimum atomic E-state index is -0.959. The number of oxime groups is 1. The second kappa shape index (κ2) is 15.3. The van der Waals surface area contributed by atoms with Gasteiger partial charge < -0.3 is 14.3 Å². The van der Waals surface area contributed by atoms with E-state index >= 15 is 0 Å². The second-order valence-electron chi connectivity index (χ2n) is 7.90. The lowest BCUT2D eigenvalue weighted by molar-refractivity contribution is 0.213. The van der Waals surface area contributed by atoms with Gasteiger partial charge in [0.25, 0.3) is 0 Å². The fourth-order valence-corrected chi connectivity index (χ4v) is 4.68. The number of nitrogens with zero attached hydrogens (tertiary/aromatic N) is 1. The Bertz CT molecular complexity index is 902. The van der Waals surface area contributed by atoms with Gasteiger partial charge in [0, 0.05) is 22.1 Å². The van der Waals surface area contributed by atoms with Crippen molar-refractivity contribution in [1.82, 2.24) is 0 Å². The van der Waals surface area contributed by atoms with E-state index in [-0.39, 0.29) is 0 Å². The van der Waals surface area contributed by atoms with Gasteiger partial charge in [-0.2, -0.15) is 0 Å². The minimum Gasteiger partial charge on any atom is -0.493 e. The van der Waals surface area contributed by atoms with Crippen LogP contribution in [0.4, 0.5) is 0 Å². The van der Waals surface area contributed by atoms with Crippen LogP contribution >= 0.6 is 0 Å². The van der Waals surface area contributed by atoms with E-state index in [0.717, 1.165) is 59.6 Å². The quantitative estimate of drug-likeness (QED) is 0.138. The zero-order chi connectivity index (χ0) is 23.9. The van der Waals surface area contributed by atoms with Crippen LogP contribution in [-0.2, 0) is 15.6 Å². The lowest BCUT2D eigenvalue weighted by atomic mass is 10.1. The smallest absolute Gasteiger partial charge is 0.125 e. The van der Waals surface area contributed by atoms with Crippen LogP contribution < -0.4 is 9.47 Å². The number of benzene rings is 2. The summed E-state index contributed by atoms with van der Waals surface area (Å²) in [4.78, 5) is 4.94. The minimum absolute atomic E-state index is 0.411. The topological polar surface area (TPSA) is 57.1 Å². The van der Waals surface area contributed by atoms with Crippen LogP contribution in [0.3, 0.4) is 0 Å². The van der Waals surface area contributed by atoms with Crippen molar-refractivity contribution in [2.45, 2.75) is 46.5 Å². The molecule has 0 aliphatic rings. The maximum Gasteiger partial charge on any atom is 0.125 e. The highest BCUT2D eigenvalue weighted by molar-refractivity contribution is 7.85. The van der Waals surface area contributed by atoms with Crippen LogP contribution in [0, 0.1) is 13.8 Å². The number of unbranched alkanes of at least 4 members (excludes halogenated alkanes) is 3. The van der Waals surface area contributed by atoms with E-state index in [4.69, 9.17) is 14.3 Å². The Morgan fingerprint density at radius 1 is 1.00 bits per heavy atom. The number of rotatable bonds is 15. The van der Waals surface area contributed by atoms with Crippen LogP contribution in [0.15, 0.2) is 59.8 Å².